The first kappa shape index (κ1) is 16.9. The van der Waals surface area contributed by atoms with Crippen LogP contribution in [0.1, 0.15) is 39.0 Å². The summed E-state index contributed by atoms with van der Waals surface area (Å²) in [5.41, 5.74) is 1.70. The van der Waals surface area contributed by atoms with Gasteiger partial charge in [-0.25, -0.2) is 0 Å². The summed E-state index contributed by atoms with van der Waals surface area (Å²) >= 11 is 0. The highest BCUT2D eigenvalue weighted by molar-refractivity contribution is 6.69. The van der Waals surface area contributed by atoms with E-state index in [-0.39, 0.29) is 24.3 Å². The fourth-order valence-electron chi connectivity index (χ4n) is 3.45. The molecule has 0 aromatic rings. The number of hydrogen-bond donors (Lipinski definition) is 0. The Bertz CT molecular complexity index is 432. The van der Waals surface area contributed by atoms with E-state index < -0.39 is 8.32 Å². The van der Waals surface area contributed by atoms with E-state index in [1.54, 1.807) is 7.11 Å². The highest BCUT2D eigenvalue weighted by Gasteiger charge is 2.49. The molecule has 0 saturated heterocycles. The minimum Gasteiger partial charge on any atom is -0.408 e. The van der Waals surface area contributed by atoms with E-state index in [1.165, 1.54) is 0 Å². The summed E-state index contributed by atoms with van der Waals surface area (Å²) in [4.78, 5) is 12.2. The number of carbonyl (C=O) groups is 1. The second-order valence-electron chi connectivity index (χ2n) is 7.12. The van der Waals surface area contributed by atoms with E-state index in [0.29, 0.717) is 6.42 Å². The Labute approximate surface area is 129 Å². The van der Waals surface area contributed by atoms with E-state index in [4.69, 9.17) is 13.9 Å². The lowest BCUT2D eigenvalue weighted by atomic mass is 9.68. The molecule has 0 spiro atoms. The SMILES string of the molecule is COCOC1CCC(=O)C(C)=C1C1(O[Si](C)(C)C)CCC1. The lowest BCUT2D eigenvalue weighted by Gasteiger charge is -2.50. The molecule has 21 heavy (non-hydrogen) atoms. The van der Waals surface area contributed by atoms with Crippen LogP contribution in [0.2, 0.25) is 19.6 Å². The number of ketones is 1. The van der Waals surface area contributed by atoms with Crippen molar-refractivity contribution in [1.82, 2.24) is 0 Å². The average Bonchev–Trinajstić information content (AvgIpc) is 2.35. The number of rotatable bonds is 6. The zero-order valence-electron chi connectivity index (χ0n) is 14.0. The van der Waals surface area contributed by atoms with Gasteiger partial charge in [0.25, 0.3) is 0 Å². The summed E-state index contributed by atoms with van der Waals surface area (Å²) in [5, 5.41) is 0. The van der Waals surface area contributed by atoms with Crippen LogP contribution in [-0.2, 0) is 18.7 Å². The summed E-state index contributed by atoms with van der Waals surface area (Å²) in [6.07, 6.45) is 4.43. The number of allylic oxidation sites excluding steroid dienone is 1. The number of carbonyl (C=O) groups excluding carboxylic acids is 1. The van der Waals surface area contributed by atoms with Crippen LogP contribution < -0.4 is 0 Å². The molecule has 1 fully saturated rings. The van der Waals surface area contributed by atoms with Crippen molar-refractivity contribution in [2.75, 3.05) is 13.9 Å². The van der Waals surface area contributed by atoms with Gasteiger partial charge in [-0.15, -0.1) is 0 Å². The predicted molar refractivity (Wildman–Crippen MR) is 84.7 cm³/mol. The molecule has 2 aliphatic rings. The van der Waals surface area contributed by atoms with Gasteiger partial charge in [0.05, 0.1) is 11.7 Å². The van der Waals surface area contributed by atoms with Crippen molar-refractivity contribution in [3.63, 3.8) is 0 Å². The molecule has 2 aliphatic carbocycles. The minimum absolute atomic E-state index is 0.0423. The van der Waals surface area contributed by atoms with Gasteiger partial charge in [0.1, 0.15) is 6.79 Å². The molecule has 1 saturated carbocycles. The molecule has 0 radical (unpaired) electrons. The quantitative estimate of drug-likeness (QED) is 0.557. The normalized spacial score (nSPS) is 26.0. The number of hydrogen-bond acceptors (Lipinski definition) is 4. The van der Waals surface area contributed by atoms with Crippen LogP contribution in [0.15, 0.2) is 11.1 Å². The highest BCUT2D eigenvalue weighted by atomic mass is 28.4. The van der Waals surface area contributed by atoms with E-state index in [1.807, 2.05) is 6.92 Å². The van der Waals surface area contributed by atoms with E-state index in [0.717, 1.165) is 36.8 Å². The van der Waals surface area contributed by atoms with Gasteiger partial charge in [-0.1, -0.05) is 0 Å². The lowest BCUT2D eigenvalue weighted by molar-refractivity contribution is -0.121. The van der Waals surface area contributed by atoms with Gasteiger partial charge in [0.2, 0.25) is 0 Å². The third-order valence-electron chi connectivity index (χ3n) is 4.32. The van der Waals surface area contributed by atoms with Gasteiger partial charge in [-0.2, -0.15) is 0 Å². The number of methoxy groups -OCH3 is 1. The summed E-state index contributed by atoms with van der Waals surface area (Å²) in [6, 6.07) is 0. The van der Waals surface area contributed by atoms with Gasteiger partial charge in [-0.3, -0.25) is 4.79 Å². The molecule has 0 aromatic heterocycles. The minimum atomic E-state index is -1.69. The second kappa shape index (κ2) is 6.32. The lowest BCUT2D eigenvalue weighted by Crippen LogP contribution is -2.53. The molecule has 120 valence electrons. The van der Waals surface area contributed by atoms with Crippen molar-refractivity contribution >= 4 is 14.1 Å². The van der Waals surface area contributed by atoms with Crippen LogP contribution in [-0.4, -0.2) is 39.7 Å². The summed E-state index contributed by atoms with van der Waals surface area (Å²) < 4.78 is 17.5. The molecule has 0 heterocycles. The van der Waals surface area contributed by atoms with E-state index in [9.17, 15) is 4.79 Å². The van der Waals surface area contributed by atoms with Crippen molar-refractivity contribution in [3.05, 3.63) is 11.1 Å². The van der Waals surface area contributed by atoms with Crippen molar-refractivity contribution in [3.8, 4) is 0 Å². The molecule has 1 atom stereocenters. The Balaban J connectivity index is 2.33. The first-order valence-corrected chi connectivity index (χ1v) is 11.2. The molecule has 0 bridgehead atoms. The van der Waals surface area contributed by atoms with Crippen LogP contribution >= 0.6 is 0 Å². The molecule has 0 N–H and O–H groups in total. The Kier molecular flexibility index (Phi) is 5.08. The maximum Gasteiger partial charge on any atom is 0.184 e. The average molecular weight is 312 g/mol. The molecule has 0 aromatic carbocycles. The van der Waals surface area contributed by atoms with Crippen LogP contribution in [0.4, 0.5) is 0 Å². The van der Waals surface area contributed by atoms with Crippen molar-refractivity contribution in [2.24, 2.45) is 0 Å². The summed E-state index contributed by atoms with van der Waals surface area (Å²) in [5.74, 6) is 0.243. The van der Waals surface area contributed by atoms with Crippen LogP contribution in [0, 0.1) is 0 Å². The van der Waals surface area contributed by atoms with Crippen molar-refractivity contribution in [2.45, 2.75) is 70.4 Å². The fraction of sp³-hybridized carbons (Fsp3) is 0.812. The molecular weight excluding hydrogens is 284 g/mol. The smallest absolute Gasteiger partial charge is 0.184 e. The van der Waals surface area contributed by atoms with Crippen LogP contribution in [0.3, 0.4) is 0 Å². The summed E-state index contributed by atoms with van der Waals surface area (Å²) in [6.45, 7) is 8.82. The molecule has 2 rings (SSSR count). The molecule has 4 nitrogen and oxygen atoms in total. The summed E-state index contributed by atoms with van der Waals surface area (Å²) in [7, 11) is -0.0642. The van der Waals surface area contributed by atoms with Crippen molar-refractivity contribution in [1.29, 1.82) is 0 Å². The molecule has 1 unspecified atom stereocenters. The van der Waals surface area contributed by atoms with Gasteiger partial charge in [0.15, 0.2) is 14.1 Å². The van der Waals surface area contributed by atoms with Crippen LogP contribution in [0.5, 0.6) is 0 Å². The fourth-order valence-corrected chi connectivity index (χ4v) is 4.93. The molecule has 0 aliphatic heterocycles. The first-order valence-electron chi connectivity index (χ1n) is 7.84. The van der Waals surface area contributed by atoms with E-state index in [2.05, 4.69) is 19.6 Å². The molecule has 5 heteroatoms. The van der Waals surface area contributed by atoms with E-state index >= 15 is 0 Å². The van der Waals surface area contributed by atoms with Gasteiger partial charge >= 0.3 is 0 Å². The van der Waals surface area contributed by atoms with Crippen LogP contribution in [0.25, 0.3) is 0 Å². The number of Topliss-reactive ketones (excluding diaryl/α,β-unsaturated/α-hetero) is 1. The molecular formula is C16H28O4Si. The Hall–Kier alpha value is -0.493. The Morgan fingerprint density at radius 1 is 1.29 bits per heavy atom. The maximum absolute atomic E-state index is 12.2. The highest BCUT2D eigenvalue weighted by Crippen LogP contribution is 2.48. The third kappa shape index (κ3) is 3.64. The zero-order valence-corrected chi connectivity index (χ0v) is 15.0. The predicted octanol–water partition coefficient (Wildman–Crippen LogP) is 3.43. The van der Waals surface area contributed by atoms with Gasteiger partial charge in [0, 0.05) is 13.5 Å². The molecule has 0 amide bonds. The first-order chi connectivity index (χ1) is 9.79. The second-order valence-corrected chi connectivity index (χ2v) is 11.6. The number of ether oxygens (including phenoxy) is 2. The standard InChI is InChI=1S/C16H28O4Si/c1-12-13(17)7-8-14(19-11-18-2)15(12)16(9-6-10-16)20-21(3,4)5/h14H,6-11H2,1-5H3. The topological polar surface area (TPSA) is 44.8 Å². The maximum atomic E-state index is 12.2. The largest absolute Gasteiger partial charge is 0.408 e. The van der Waals surface area contributed by atoms with Crippen molar-refractivity contribution < 1.29 is 18.7 Å². The van der Waals surface area contributed by atoms with Gasteiger partial charge < -0.3 is 13.9 Å². The zero-order chi connectivity index (χ0) is 15.7. The third-order valence-corrected chi connectivity index (χ3v) is 5.32. The van der Waals surface area contributed by atoms with Gasteiger partial charge in [-0.05, 0) is 63.4 Å². The Morgan fingerprint density at radius 2 is 1.95 bits per heavy atom. The Morgan fingerprint density at radius 3 is 2.43 bits per heavy atom. The monoisotopic (exact) mass is 312 g/mol.